The van der Waals surface area contributed by atoms with E-state index in [4.69, 9.17) is 16.0 Å². The van der Waals surface area contributed by atoms with Crippen LogP contribution in [0.25, 0.3) is 11.0 Å². The molecule has 0 saturated heterocycles. The fraction of sp³-hybridized carbons (Fsp3) is 0.294. The molecular weight excluding hydrogens is 339 g/mol. The Hall–Kier alpha value is -1.27. The first-order chi connectivity index (χ1) is 11.0. The number of benzene rings is 1. The number of carbonyl (C=O) groups is 1. The number of fused-ring (bicyclic) bond motifs is 1. The van der Waals surface area contributed by atoms with Gasteiger partial charge in [0.2, 0.25) is 0 Å². The number of aromatic nitrogens is 2. The van der Waals surface area contributed by atoms with Crippen molar-refractivity contribution < 1.29 is 43.9 Å². The van der Waals surface area contributed by atoms with Gasteiger partial charge in [-0.1, -0.05) is 11.6 Å². The Bertz CT molecular complexity index is 927. The number of carboxylic acids is 1. The number of aromatic carboxylic acids is 1. The minimum atomic E-state index is -1.28. The van der Waals surface area contributed by atoms with E-state index >= 15 is 0 Å². The molecule has 1 aliphatic rings. The van der Waals surface area contributed by atoms with Crippen molar-refractivity contribution in [1.29, 1.82) is 0 Å². The van der Waals surface area contributed by atoms with Gasteiger partial charge in [-0.3, -0.25) is 4.68 Å². The molecule has 0 atom stereocenters. The van der Waals surface area contributed by atoms with E-state index in [9.17, 15) is 9.90 Å². The molecule has 118 valence electrons. The van der Waals surface area contributed by atoms with Crippen molar-refractivity contribution in [2.24, 2.45) is 0 Å². The zero-order valence-corrected chi connectivity index (χ0v) is 16.3. The van der Waals surface area contributed by atoms with Crippen molar-refractivity contribution in [1.82, 2.24) is 9.78 Å². The zero-order valence-electron chi connectivity index (χ0n) is 13.5. The summed E-state index contributed by atoms with van der Waals surface area (Å²) < 4.78 is 7.64. The fourth-order valence-electron chi connectivity index (χ4n) is 2.82. The van der Waals surface area contributed by atoms with Crippen molar-refractivity contribution in [3.63, 3.8) is 0 Å². The van der Waals surface area contributed by atoms with Gasteiger partial charge in [0.25, 0.3) is 0 Å². The summed E-state index contributed by atoms with van der Waals surface area (Å²) in [4.78, 5) is 10.9. The van der Waals surface area contributed by atoms with E-state index in [1.807, 2.05) is 18.2 Å². The van der Waals surface area contributed by atoms with E-state index in [-0.39, 0.29) is 35.3 Å². The average molecular weight is 353 g/mol. The molecule has 7 heteroatoms. The summed E-state index contributed by atoms with van der Waals surface area (Å²) >= 11 is 6.21. The first kappa shape index (κ1) is 17.5. The summed E-state index contributed by atoms with van der Waals surface area (Å²) in [5.41, 5.74) is 2.35. The molecule has 1 fully saturated rings. The van der Waals surface area contributed by atoms with Crippen molar-refractivity contribution in [3.8, 4) is 0 Å². The number of rotatable bonds is 4. The van der Waals surface area contributed by atoms with Crippen LogP contribution in [0.5, 0.6) is 0 Å². The third-order valence-electron chi connectivity index (χ3n) is 4.17. The number of nitrogens with zero attached hydrogens (tertiary/aromatic N) is 2. The van der Waals surface area contributed by atoms with Gasteiger partial charge in [0, 0.05) is 27.6 Å². The van der Waals surface area contributed by atoms with Crippen LogP contribution in [-0.4, -0.2) is 15.7 Å². The summed E-state index contributed by atoms with van der Waals surface area (Å²) in [6.45, 7) is 2.20. The maximum absolute atomic E-state index is 10.9. The summed E-state index contributed by atoms with van der Waals surface area (Å²) in [7, 11) is 0. The zero-order chi connectivity index (χ0) is 16.1. The van der Waals surface area contributed by atoms with Crippen molar-refractivity contribution in [2.75, 3.05) is 0 Å². The van der Waals surface area contributed by atoms with Crippen molar-refractivity contribution in [2.45, 2.75) is 32.2 Å². The number of carbonyl (C=O) groups excluding carboxylic acids is 1. The number of halogens is 1. The molecule has 4 rings (SSSR count). The van der Waals surface area contributed by atoms with E-state index in [1.54, 1.807) is 11.6 Å². The smallest absolute Gasteiger partial charge is 0.543 e. The van der Waals surface area contributed by atoms with Gasteiger partial charge < -0.3 is 14.3 Å². The van der Waals surface area contributed by atoms with Crippen LogP contribution in [0.4, 0.5) is 0 Å². The Kier molecular flexibility index (Phi) is 4.80. The van der Waals surface area contributed by atoms with Crippen LogP contribution < -0.4 is 34.7 Å². The van der Waals surface area contributed by atoms with Gasteiger partial charge in [-0.25, -0.2) is 0 Å². The Morgan fingerprint density at radius 3 is 2.75 bits per heavy atom. The standard InChI is InChI=1S/C17H15ClN2O3.Na/c1-9-4-14(17(21)22)19-20(9)8-12-6-13(18)5-11-7-15(10-2-3-10)23-16(11)12;/h4-7,10H,2-3,8H2,1H3,(H,21,22);/q;+1/p-1. The molecule has 1 aliphatic carbocycles. The van der Waals surface area contributed by atoms with Gasteiger partial charge in [0.1, 0.15) is 17.0 Å². The number of carboxylic acid groups (broad SMARTS) is 1. The van der Waals surface area contributed by atoms with Gasteiger partial charge in [-0.15, -0.1) is 0 Å². The third-order valence-corrected chi connectivity index (χ3v) is 4.39. The molecule has 0 amide bonds. The van der Waals surface area contributed by atoms with E-state index in [2.05, 4.69) is 5.10 Å². The Labute approximate surface area is 165 Å². The molecule has 3 aromatic rings. The van der Waals surface area contributed by atoms with Gasteiger partial charge in [0.15, 0.2) is 0 Å². The van der Waals surface area contributed by atoms with E-state index in [0.29, 0.717) is 17.5 Å². The van der Waals surface area contributed by atoms with E-state index in [0.717, 1.165) is 40.8 Å². The van der Waals surface area contributed by atoms with E-state index < -0.39 is 5.97 Å². The molecule has 0 N–H and O–H groups in total. The quantitative estimate of drug-likeness (QED) is 0.614. The predicted molar refractivity (Wildman–Crippen MR) is 83.6 cm³/mol. The molecule has 0 aliphatic heterocycles. The second-order valence-corrected chi connectivity index (χ2v) is 6.46. The van der Waals surface area contributed by atoms with E-state index in [1.165, 1.54) is 6.07 Å². The van der Waals surface area contributed by atoms with Crippen molar-refractivity contribution >= 4 is 28.5 Å². The van der Waals surface area contributed by atoms with Crippen LogP contribution in [-0.2, 0) is 6.54 Å². The summed E-state index contributed by atoms with van der Waals surface area (Å²) in [5.74, 6) is 0.235. The maximum atomic E-state index is 10.9. The SMILES string of the molecule is Cc1cc(C(=O)[O-])nn1Cc1cc(Cl)cc2cc(C3CC3)oc12.[Na+]. The molecular formula is C17H14ClN2NaO3. The second-order valence-electron chi connectivity index (χ2n) is 6.02. The Morgan fingerprint density at radius 1 is 1.38 bits per heavy atom. The van der Waals surface area contributed by atoms with Gasteiger partial charge in [0.05, 0.1) is 12.5 Å². The van der Waals surface area contributed by atoms with Crippen LogP contribution in [0.2, 0.25) is 5.02 Å². The molecule has 0 radical (unpaired) electrons. The molecule has 1 saturated carbocycles. The fourth-order valence-corrected chi connectivity index (χ4v) is 3.07. The molecule has 5 nitrogen and oxygen atoms in total. The Balaban J connectivity index is 0.00000169. The number of furan rings is 1. The molecule has 0 spiro atoms. The topological polar surface area (TPSA) is 71.1 Å². The number of aryl methyl sites for hydroxylation is 1. The summed E-state index contributed by atoms with van der Waals surface area (Å²) in [6, 6.07) is 7.27. The minimum absolute atomic E-state index is 0. The van der Waals surface area contributed by atoms with Crippen LogP contribution >= 0.6 is 11.6 Å². The minimum Gasteiger partial charge on any atom is -0.543 e. The summed E-state index contributed by atoms with van der Waals surface area (Å²) in [5, 5.41) is 16.6. The third kappa shape index (κ3) is 3.26. The predicted octanol–water partition coefficient (Wildman–Crippen LogP) is -0.116. The Morgan fingerprint density at radius 2 is 2.12 bits per heavy atom. The molecule has 0 bridgehead atoms. The average Bonchev–Trinajstić information content (AvgIpc) is 3.15. The maximum Gasteiger partial charge on any atom is 1.00 e. The molecule has 2 aromatic heterocycles. The number of hydrogen-bond donors (Lipinski definition) is 0. The molecule has 24 heavy (non-hydrogen) atoms. The first-order valence-electron chi connectivity index (χ1n) is 7.49. The van der Waals surface area contributed by atoms with Gasteiger partial charge in [-0.2, -0.15) is 5.10 Å². The molecule has 1 aromatic carbocycles. The largest absolute Gasteiger partial charge is 1.00 e. The van der Waals surface area contributed by atoms with Crippen LogP contribution in [0.15, 0.2) is 28.7 Å². The summed E-state index contributed by atoms with van der Waals surface area (Å²) in [6.07, 6.45) is 2.33. The molecule has 0 unspecified atom stereocenters. The first-order valence-corrected chi connectivity index (χ1v) is 7.87. The number of hydrogen-bond acceptors (Lipinski definition) is 4. The van der Waals surface area contributed by atoms with Gasteiger partial charge >= 0.3 is 29.6 Å². The van der Waals surface area contributed by atoms with Crippen LogP contribution in [0, 0.1) is 6.92 Å². The second kappa shape index (κ2) is 6.56. The van der Waals surface area contributed by atoms with Crippen LogP contribution in [0.3, 0.4) is 0 Å². The van der Waals surface area contributed by atoms with Crippen molar-refractivity contribution in [3.05, 3.63) is 52.0 Å². The van der Waals surface area contributed by atoms with Gasteiger partial charge in [-0.05, 0) is 44.0 Å². The molecule has 2 heterocycles. The van der Waals surface area contributed by atoms with Crippen LogP contribution in [0.1, 0.15) is 46.3 Å². The monoisotopic (exact) mass is 352 g/mol. The normalized spacial score (nSPS) is 13.9.